The monoisotopic (exact) mass is 555 g/mol. The Hall–Kier alpha value is -5.25. The number of azo groups is 1. The van der Waals surface area contributed by atoms with E-state index >= 15 is 0 Å². The molecule has 0 unspecified atom stereocenters. The molecule has 4 bridgehead atoms. The van der Waals surface area contributed by atoms with Gasteiger partial charge in [-0.3, -0.25) is 14.5 Å². The van der Waals surface area contributed by atoms with Crippen LogP contribution in [0.15, 0.2) is 125 Å². The van der Waals surface area contributed by atoms with Crippen LogP contribution in [0.25, 0.3) is 55.5 Å². The zero-order chi connectivity index (χ0) is 28.1. The molecule has 0 amide bonds. The minimum Gasteiger partial charge on any atom is -0.396 e. The average molecular weight is 556 g/mol. The molecule has 0 aliphatic heterocycles. The van der Waals surface area contributed by atoms with E-state index in [-0.39, 0.29) is 16.3 Å². The molecule has 3 N–H and O–H groups in total. The van der Waals surface area contributed by atoms with Gasteiger partial charge in [0, 0.05) is 34.3 Å². The van der Waals surface area contributed by atoms with Crippen LogP contribution in [0.4, 0.5) is 17.1 Å². The first kappa shape index (κ1) is 24.8. The van der Waals surface area contributed by atoms with Gasteiger partial charge in [0.25, 0.3) is 10.1 Å². The van der Waals surface area contributed by atoms with Gasteiger partial charge in [0.2, 0.25) is 0 Å². The van der Waals surface area contributed by atoms with Crippen molar-refractivity contribution in [3.05, 3.63) is 109 Å². The highest BCUT2D eigenvalue weighted by atomic mass is 32.2. The van der Waals surface area contributed by atoms with Crippen LogP contribution in [0.1, 0.15) is 0 Å². The van der Waals surface area contributed by atoms with E-state index in [1.54, 1.807) is 48.8 Å². The number of nitrogens with zero attached hydrogens (tertiary/aromatic N) is 4. The van der Waals surface area contributed by atoms with E-state index in [1.807, 2.05) is 24.3 Å². The van der Waals surface area contributed by atoms with Crippen LogP contribution in [-0.2, 0) is 10.1 Å². The first-order valence-corrected chi connectivity index (χ1v) is 14.2. The lowest BCUT2D eigenvalue weighted by molar-refractivity contribution is 0.484. The van der Waals surface area contributed by atoms with Crippen molar-refractivity contribution in [2.24, 2.45) is 10.2 Å². The first-order valence-electron chi connectivity index (χ1n) is 12.8. The summed E-state index contributed by atoms with van der Waals surface area (Å²) in [5, 5.41) is 9.58. The maximum absolute atomic E-state index is 12.2. The quantitative estimate of drug-likeness (QED) is 0.126. The standard InChI is InChI=1S/C32H21N5O3S/c33-30-23-10-5-4-9-22(23)28(41(38,39)40)18-27(30)37-36-26-11-6-15-34-32(26)29-21-14-16-35-31(29)24-13-12-20(21)17-25(24)19-7-2-1-3-8-19/h1-18H,33H2,(H,38,39,40). The summed E-state index contributed by atoms with van der Waals surface area (Å²) in [6.45, 7) is 0. The summed E-state index contributed by atoms with van der Waals surface area (Å²) in [5.74, 6) is 0. The number of hydrogen-bond acceptors (Lipinski definition) is 7. The third-order valence-corrected chi connectivity index (χ3v) is 8.11. The highest BCUT2D eigenvalue weighted by molar-refractivity contribution is 7.86. The number of nitrogens with two attached hydrogens (primary N) is 1. The predicted molar refractivity (Wildman–Crippen MR) is 160 cm³/mol. The zero-order valence-corrected chi connectivity index (χ0v) is 22.2. The smallest absolute Gasteiger partial charge is 0.295 e. The Morgan fingerprint density at radius 2 is 1.37 bits per heavy atom. The van der Waals surface area contributed by atoms with E-state index in [0.29, 0.717) is 22.2 Å². The van der Waals surface area contributed by atoms with Crippen molar-refractivity contribution < 1.29 is 13.0 Å². The molecular formula is C32H21N5O3S. The molecule has 0 fully saturated rings. The molecule has 8 nitrogen and oxygen atoms in total. The number of aromatic nitrogens is 2. The van der Waals surface area contributed by atoms with E-state index in [4.69, 9.17) is 15.7 Å². The average Bonchev–Trinajstić information content (AvgIpc) is 3.12. The summed E-state index contributed by atoms with van der Waals surface area (Å²) in [4.78, 5) is 9.18. The van der Waals surface area contributed by atoms with Crippen LogP contribution < -0.4 is 5.73 Å². The van der Waals surface area contributed by atoms with Crippen LogP contribution >= 0.6 is 0 Å². The lowest BCUT2D eigenvalue weighted by Gasteiger charge is -2.12. The fraction of sp³-hybridized carbons (Fsp3) is 0. The normalized spacial score (nSPS) is 12.2. The Labute approximate surface area is 235 Å². The Morgan fingerprint density at radius 1 is 0.634 bits per heavy atom. The van der Waals surface area contributed by atoms with Crippen molar-refractivity contribution in [2.75, 3.05) is 5.73 Å². The third kappa shape index (κ3) is 4.15. The third-order valence-electron chi connectivity index (χ3n) is 7.21. The molecule has 198 valence electrons. The van der Waals surface area contributed by atoms with Crippen molar-refractivity contribution in [3.8, 4) is 44.8 Å². The molecule has 0 saturated heterocycles. The Balaban J connectivity index is 1.40. The van der Waals surface area contributed by atoms with Crippen LogP contribution in [0.3, 0.4) is 0 Å². The van der Waals surface area contributed by atoms with E-state index in [1.165, 1.54) is 6.07 Å². The van der Waals surface area contributed by atoms with Gasteiger partial charge in [0.1, 0.15) is 22.0 Å². The summed E-state index contributed by atoms with van der Waals surface area (Å²) in [7, 11) is -4.54. The summed E-state index contributed by atoms with van der Waals surface area (Å²) in [6, 6.07) is 29.8. The summed E-state index contributed by atoms with van der Waals surface area (Å²) in [5.41, 5.74) is 14.5. The zero-order valence-electron chi connectivity index (χ0n) is 21.4. The molecule has 0 spiro atoms. The maximum atomic E-state index is 12.2. The number of pyridine rings is 2. The molecule has 8 rings (SSSR count). The minimum absolute atomic E-state index is 0.112. The molecule has 0 saturated carbocycles. The van der Waals surface area contributed by atoms with Gasteiger partial charge in [-0.2, -0.15) is 8.42 Å². The van der Waals surface area contributed by atoms with E-state index in [9.17, 15) is 13.0 Å². The van der Waals surface area contributed by atoms with Crippen molar-refractivity contribution in [1.82, 2.24) is 9.97 Å². The summed E-state index contributed by atoms with van der Waals surface area (Å²) >= 11 is 0. The van der Waals surface area contributed by atoms with Crippen molar-refractivity contribution in [2.45, 2.75) is 4.90 Å². The topological polar surface area (TPSA) is 131 Å². The molecule has 9 heteroatoms. The molecule has 4 aromatic carbocycles. The molecule has 0 radical (unpaired) electrons. The Bertz CT molecular complexity index is 2150. The van der Waals surface area contributed by atoms with Gasteiger partial charge in [0.15, 0.2) is 0 Å². The molecule has 2 heterocycles. The molecule has 2 aliphatic carbocycles. The lowest BCUT2D eigenvalue weighted by atomic mass is 9.96. The van der Waals surface area contributed by atoms with Gasteiger partial charge in [-0.1, -0.05) is 66.7 Å². The van der Waals surface area contributed by atoms with Crippen LogP contribution in [0, 0.1) is 0 Å². The highest BCUT2D eigenvalue weighted by Gasteiger charge is 2.25. The molecule has 41 heavy (non-hydrogen) atoms. The summed E-state index contributed by atoms with van der Waals surface area (Å²) < 4.78 is 34.2. The predicted octanol–water partition coefficient (Wildman–Crippen LogP) is 7.86. The van der Waals surface area contributed by atoms with Crippen LogP contribution in [0.5, 0.6) is 0 Å². The van der Waals surface area contributed by atoms with Crippen LogP contribution in [0.2, 0.25) is 0 Å². The molecule has 6 aromatic rings. The maximum Gasteiger partial charge on any atom is 0.295 e. The highest BCUT2D eigenvalue weighted by Crippen LogP contribution is 2.48. The van der Waals surface area contributed by atoms with E-state index < -0.39 is 10.1 Å². The lowest BCUT2D eigenvalue weighted by Crippen LogP contribution is -2.01. The van der Waals surface area contributed by atoms with Gasteiger partial charge in [-0.25, -0.2) is 0 Å². The SMILES string of the molecule is Nc1c(N=Nc2cccnc2-c2c3ccnc2-c2ccc-3cc2-c2ccccc2)cc(S(=O)(=O)O)c2ccccc12. The minimum atomic E-state index is -4.54. The number of hydrogen-bond donors (Lipinski definition) is 2. The molecule has 2 aromatic heterocycles. The fourth-order valence-electron chi connectivity index (χ4n) is 5.35. The fourth-order valence-corrected chi connectivity index (χ4v) is 6.06. The Kier molecular flexibility index (Phi) is 5.70. The van der Waals surface area contributed by atoms with E-state index in [2.05, 4.69) is 40.6 Å². The molecule has 0 atom stereocenters. The van der Waals surface area contributed by atoms with Crippen LogP contribution in [-0.4, -0.2) is 22.9 Å². The van der Waals surface area contributed by atoms with E-state index in [0.717, 1.165) is 39.1 Å². The number of benzene rings is 4. The number of fused-ring (bicyclic) bond motifs is 3. The van der Waals surface area contributed by atoms with Crippen molar-refractivity contribution in [3.63, 3.8) is 0 Å². The van der Waals surface area contributed by atoms with Gasteiger partial charge in [-0.05, 0) is 52.6 Å². The summed E-state index contributed by atoms with van der Waals surface area (Å²) in [6.07, 6.45) is 3.48. The number of nitrogen functional groups attached to an aromatic ring is 1. The van der Waals surface area contributed by atoms with Gasteiger partial charge in [-0.15, -0.1) is 10.2 Å². The van der Waals surface area contributed by atoms with Gasteiger partial charge in [0.05, 0.1) is 11.4 Å². The second-order valence-corrected chi connectivity index (χ2v) is 11.0. The second-order valence-electron chi connectivity index (χ2n) is 9.61. The number of rotatable bonds is 5. The first-order chi connectivity index (χ1) is 19.9. The van der Waals surface area contributed by atoms with Crippen molar-refractivity contribution >= 4 is 38.0 Å². The van der Waals surface area contributed by atoms with Gasteiger partial charge >= 0.3 is 0 Å². The second kappa shape index (κ2) is 9.44. The molecule has 2 aliphatic rings. The van der Waals surface area contributed by atoms with Crippen molar-refractivity contribution in [1.29, 1.82) is 0 Å². The number of anilines is 1. The Morgan fingerprint density at radius 3 is 2.17 bits per heavy atom. The van der Waals surface area contributed by atoms with Gasteiger partial charge < -0.3 is 5.73 Å². The molecular weight excluding hydrogens is 534 g/mol. The largest absolute Gasteiger partial charge is 0.396 e.